The van der Waals surface area contributed by atoms with E-state index in [0.717, 1.165) is 30.4 Å². The number of sulfone groups is 1. The predicted octanol–water partition coefficient (Wildman–Crippen LogP) is 6.53. The van der Waals surface area contributed by atoms with E-state index >= 15 is 0 Å². The number of likely N-dealkylation sites (tertiary alicyclic amines) is 1. The van der Waals surface area contributed by atoms with Crippen LogP contribution in [-0.4, -0.2) is 47.8 Å². The first-order valence-electron chi connectivity index (χ1n) is 13.2. The first kappa shape index (κ1) is 28.9. The number of carboxylic acids is 1. The molecule has 1 amide bonds. The molecule has 9 heteroatoms. The van der Waals surface area contributed by atoms with Crippen molar-refractivity contribution in [3.8, 4) is 0 Å². The van der Waals surface area contributed by atoms with Gasteiger partial charge in [-0.25, -0.2) is 8.42 Å². The normalized spacial score (nSPS) is 25.2. The zero-order valence-electron chi connectivity index (χ0n) is 21.8. The lowest BCUT2D eigenvalue weighted by Gasteiger charge is -2.51. The minimum absolute atomic E-state index is 0.126. The van der Waals surface area contributed by atoms with E-state index in [2.05, 4.69) is 0 Å². The van der Waals surface area contributed by atoms with Gasteiger partial charge in [-0.05, 0) is 67.0 Å². The first-order valence-corrected chi connectivity index (χ1v) is 15.8. The number of halogens is 2. The van der Waals surface area contributed by atoms with Gasteiger partial charge >= 0.3 is 5.97 Å². The highest BCUT2D eigenvalue weighted by molar-refractivity contribution is 7.91. The van der Waals surface area contributed by atoms with Gasteiger partial charge in [0.05, 0.1) is 29.4 Å². The van der Waals surface area contributed by atoms with Crippen molar-refractivity contribution >= 4 is 44.9 Å². The molecule has 1 N–H and O–H groups in total. The SMILES string of the molecule is CCC(CS(=O)(=O)CC1CCC1)N1C(=O)[C@@](C)(CC(=O)O)C[C@H](c2cccc(Cl)c2)[C@H]1c1ccc(Cl)cc1. The Labute approximate surface area is 235 Å². The Hall–Kier alpha value is -2.09. The van der Waals surface area contributed by atoms with Gasteiger partial charge in [-0.1, -0.05) is 67.7 Å². The smallest absolute Gasteiger partial charge is 0.304 e. The van der Waals surface area contributed by atoms with Crippen LogP contribution >= 0.6 is 23.2 Å². The number of amides is 1. The lowest BCUT2D eigenvalue weighted by atomic mass is 9.67. The standard InChI is InChI=1S/C29H35Cl2NO5S/c1-3-24(18-38(36,37)17-19-6-4-7-19)32-27(20-10-12-22(30)13-11-20)25(21-8-5-9-23(31)14-21)15-29(2,28(32)35)16-26(33)34/h5,8-14,19,24-25,27H,3-4,6-7,15-18H2,1-2H3,(H,33,34)/t24?,25-,27-,29-/m1/s1. The van der Waals surface area contributed by atoms with Crippen LogP contribution in [0.2, 0.25) is 10.0 Å². The summed E-state index contributed by atoms with van der Waals surface area (Å²) >= 11 is 12.6. The fraction of sp³-hybridized carbons (Fsp3) is 0.517. The molecule has 4 atom stereocenters. The quantitative estimate of drug-likeness (QED) is 0.345. The molecule has 6 nitrogen and oxygen atoms in total. The summed E-state index contributed by atoms with van der Waals surface area (Å²) in [5.41, 5.74) is 0.478. The summed E-state index contributed by atoms with van der Waals surface area (Å²) in [6.45, 7) is 3.56. The van der Waals surface area contributed by atoms with Crippen LogP contribution < -0.4 is 0 Å². The molecular formula is C29H35Cl2NO5S. The van der Waals surface area contributed by atoms with Crippen molar-refractivity contribution in [1.82, 2.24) is 4.90 Å². The van der Waals surface area contributed by atoms with Crippen LogP contribution in [0.25, 0.3) is 0 Å². The van der Waals surface area contributed by atoms with Crippen LogP contribution in [0, 0.1) is 11.3 Å². The summed E-state index contributed by atoms with van der Waals surface area (Å²) in [6, 6.07) is 13.5. The molecule has 1 saturated heterocycles. The monoisotopic (exact) mass is 579 g/mol. The molecule has 0 bridgehead atoms. The Balaban J connectivity index is 1.84. The second-order valence-corrected chi connectivity index (χ2v) is 14.2. The van der Waals surface area contributed by atoms with Crippen LogP contribution in [0.3, 0.4) is 0 Å². The number of rotatable bonds is 10. The Morgan fingerprint density at radius 2 is 1.79 bits per heavy atom. The van der Waals surface area contributed by atoms with Crippen LogP contribution in [-0.2, 0) is 19.4 Å². The molecule has 2 fully saturated rings. The molecule has 38 heavy (non-hydrogen) atoms. The number of benzene rings is 2. The van der Waals surface area contributed by atoms with Gasteiger partial charge in [0.15, 0.2) is 9.84 Å². The first-order chi connectivity index (χ1) is 17.9. The summed E-state index contributed by atoms with van der Waals surface area (Å²) in [5, 5.41) is 10.8. The van der Waals surface area contributed by atoms with E-state index < -0.39 is 33.3 Å². The van der Waals surface area contributed by atoms with E-state index in [-0.39, 0.29) is 42.1 Å². The Morgan fingerprint density at radius 1 is 1.11 bits per heavy atom. The Morgan fingerprint density at radius 3 is 2.34 bits per heavy atom. The largest absolute Gasteiger partial charge is 0.481 e. The van der Waals surface area contributed by atoms with Gasteiger partial charge in [0, 0.05) is 22.0 Å². The maximum absolute atomic E-state index is 14.3. The van der Waals surface area contributed by atoms with Crippen molar-refractivity contribution in [3.05, 3.63) is 69.7 Å². The third kappa shape index (κ3) is 6.37. The lowest BCUT2D eigenvalue weighted by molar-refractivity contribution is -0.160. The van der Waals surface area contributed by atoms with E-state index in [1.54, 1.807) is 30.0 Å². The maximum atomic E-state index is 14.3. The number of hydrogen-bond donors (Lipinski definition) is 1. The van der Waals surface area contributed by atoms with Gasteiger partial charge in [0.1, 0.15) is 0 Å². The minimum Gasteiger partial charge on any atom is -0.481 e. The van der Waals surface area contributed by atoms with Crippen molar-refractivity contribution < 1.29 is 23.1 Å². The summed E-state index contributed by atoms with van der Waals surface area (Å²) < 4.78 is 26.6. The van der Waals surface area contributed by atoms with Gasteiger partial charge < -0.3 is 10.0 Å². The van der Waals surface area contributed by atoms with Crippen molar-refractivity contribution in [1.29, 1.82) is 0 Å². The third-order valence-electron chi connectivity index (χ3n) is 8.16. The van der Waals surface area contributed by atoms with Crippen molar-refractivity contribution in [2.75, 3.05) is 11.5 Å². The predicted molar refractivity (Wildman–Crippen MR) is 150 cm³/mol. The molecule has 0 aromatic heterocycles. The summed E-state index contributed by atoms with van der Waals surface area (Å²) in [6.07, 6.45) is 3.24. The number of nitrogens with zero attached hydrogens (tertiary/aromatic N) is 1. The molecule has 1 aliphatic heterocycles. The van der Waals surface area contributed by atoms with Gasteiger partial charge in [0.2, 0.25) is 5.91 Å². The second kappa shape index (κ2) is 11.6. The fourth-order valence-corrected chi connectivity index (χ4v) is 8.55. The zero-order valence-corrected chi connectivity index (χ0v) is 24.1. The average Bonchev–Trinajstić information content (AvgIpc) is 2.82. The van der Waals surface area contributed by atoms with Gasteiger partial charge in [-0.2, -0.15) is 0 Å². The average molecular weight is 581 g/mol. The van der Waals surface area contributed by atoms with Crippen molar-refractivity contribution in [2.24, 2.45) is 11.3 Å². The van der Waals surface area contributed by atoms with Crippen molar-refractivity contribution in [3.63, 3.8) is 0 Å². The number of carbonyl (C=O) groups excluding carboxylic acids is 1. The highest BCUT2D eigenvalue weighted by Gasteiger charge is 2.52. The summed E-state index contributed by atoms with van der Waals surface area (Å²) in [5.74, 6) is -1.55. The lowest BCUT2D eigenvalue weighted by Crippen LogP contribution is -2.57. The van der Waals surface area contributed by atoms with Gasteiger partial charge in [0.25, 0.3) is 0 Å². The van der Waals surface area contributed by atoms with Crippen LogP contribution in [0.5, 0.6) is 0 Å². The van der Waals surface area contributed by atoms with Crippen LogP contribution in [0.15, 0.2) is 48.5 Å². The summed E-state index contributed by atoms with van der Waals surface area (Å²) in [4.78, 5) is 27.9. The highest BCUT2D eigenvalue weighted by atomic mass is 35.5. The van der Waals surface area contributed by atoms with Crippen LogP contribution in [0.4, 0.5) is 0 Å². The number of carboxylic acid groups (broad SMARTS) is 1. The van der Waals surface area contributed by atoms with E-state index in [0.29, 0.717) is 16.5 Å². The zero-order chi connectivity index (χ0) is 27.7. The van der Waals surface area contributed by atoms with E-state index in [4.69, 9.17) is 23.2 Å². The summed E-state index contributed by atoms with van der Waals surface area (Å²) in [7, 11) is -3.44. The van der Waals surface area contributed by atoms with Gasteiger partial charge in [-0.15, -0.1) is 0 Å². The molecular weight excluding hydrogens is 545 g/mol. The molecule has 0 radical (unpaired) electrons. The minimum atomic E-state index is -3.44. The highest BCUT2D eigenvalue weighted by Crippen LogP contribution is 2.52. The maximum Gasteiger partial charge on any atom is 0.304 e. The Bertz CT molecular complexity index is 1280. The number of piperidine rings is 1. The van der Waals surface area contributed by atoms with Crippen LogP contribution in [0.1, 0.15) is 75.5 Å². The van der Waals surface area contributed by atoms with Gasteiger partial charge in [-0.3, -0.25) is 9.59 Å². The molecule has 4 rings (SSSR count). The van der Waals surface area contributed by atoms with E-state index in [1.165, 1.54) is 0 Å². The topological polar surface area (TPSA) is 91.8 Å². The Kier molecular flexibility index (Phi) is 8.80. The molecule has 1 aliphatic carbocycles. The number of hydrogen-bond acceptors (Lipinski definition) is 4. The molecule has 1 heterocycles. The molecule has 2 aromatic rings. The van der Waals surface area contributed by atoms with E-state index in [9.17, 15) is 23.1 Å². The number of aliphatic carboxylic acids is 1. The molecule has 2 aromatic carbocycles. The van der Waals surface area contributed by atoms with E-state index in [1.807, 2.05) is 37.3 Å². The second-order valence-electron chi connectivity index (χ2n) is 11.1. The molecule has 0 spiro atoms. The van der Waals surface area contributed by atoms with Crippen molar-refractivity contribution in [2.45, 2.75) is 70.4 Å². The number of carbonyl (C=O) groups is 2. The molecule has 2 aliphatic rings. The molecule has 1 saturated carbocycles. The fourth-order valence-electron chi connectivity index (χ4n) is 6.06. The molecule has 1 unspecified atom stereocenters. The third-order valence-corrected chi connectivity index (χ3v) is 10.5. The molecule has 206 valence electrons.